The van der Waals surface area contributed by atoms with Crippen molar-refractivity contribution in [2.45, 2.75) is 91.7 Å². The van der Waals surface area contributed by atoms with Crippen LogP contribution >= 0.6 is 0 Å². The summed E-state index contributed by atoms with van der Waals surface area (Å²) in [6, 6.07) is 0. The van der Waals surface area contributed by atoms with Crippen LogP contribution in [0, 0.1) is 36.5 Å². The molecule has 4 aliphatic rings. The molecule has 0 saturated heterocycles. The summed E-state index contributed by atoms with van der Waals surface area (Å²) < 4.78 is 23.0. The molecule has 0 radical (unpaired) electrons. The number of rotatable bonds is 2. The fourth-order valence-electron chi connectivity index (χ4n) is 6.81. The molecule has 51 heavy (non-hydrogen) atoms. The number of aliphatic hydroxyl groups excluding tert-OH is 3. The lowest BCUT2D eigenvalue weighted by molar-refractivity contribution is -0.160. The molecule has 1 aromatic carbocycles. The summed E-state index contributed by atoms with van der Waals surface area (Å²) in [5.41, 5.74) is -1.67. The molecular weight excluding hydrogens is 666 g/mol. The first-order valence-corrected chi connectivity index (χ1v) is 16.8. The number of esters is 1. The van der Waals surface area contributed by atoms with Crippen molar-refractivity contribution in [3.05, 3.63) is 58.5 Å². The fraction of sp³-hybridized carbons (Fsp3) is 0.541. The molecule has 14 nitrogen and oxygen atoms in total. The van der Waals surface area contributed by atoms with Crippen LogP contribution in [-0.2, 0) is 23.8 Å². The number of benzene rings is 1. The van der Waals surface area contributed by atoms with Gasteiger partial charge in [-0.05, 0) is 13.0 Å². The van der Waals surface area contributed by atoms with Crippen LogP contribution in [0.2, 0.25) is 0 Å². The Morgan fingerprint density at radius 2 is 1.55 bits per heavy atom. The summed E-state index contributed by atoms with van der Waals surface area (Å²) in [6.07, 6.45) is 0.781. The molecule has 0 fully saturated rings. The van der Waals surface area contributed by atoms with E-state index in [0.29, 0.717) is 0 Å². The molecule has 1 amide bonds. The van der Waals surface area contributed by atoms with Gasteiger partial charge in [0.1, 0.15) is 17.6 Å². The van der Waals surface area contributed by atoms with E-state index >= 15 is 0 Å². The average molecular weight is 714 g/mol. The van der Waals surface area contributed by atoms with Crippen molar-refractivity contribution < 1.29 is 63.3 Å². The van der Waals surface area contributed by atoms with Crippen molar-refractivity contribution in [2.75, 3.05) is 7.11 Å². The lowest BCUT2D eigenvalue weighted by atomic mass is 9.78. The third kappa shape index (κ3) is 7.36. The zero-order valence-electron chi connectivity index (χ0n) is 30.1. The number of aromatic hydroxyl groups is 1. The van der Waals surface area contributed by atoms with Crippen LogP contribution in [0.25, 0.3) is 0 Å². The van der Waals surface area contributed by atoms with Gasteiger partial charge in [-0.3, -0.25) is 24.0 Å². The molecule has 5 bridgehead atoms. The number of aliphatic hydroxyl groups is 3. The molecule has 0 unspecified atom stereocenters. The third-order valence-electron chi connectivity index (χ3n) is 10.2. The highest BCUT2D eigenvalue weighted by atomic mass is 16.7. The highest BCUT2D eigenvalue weighted by Crippen LogP contribution is 2.48. The highest BCUT2D eigenvalue weighted by Gasteiger charge is 2.51. The van der Waals surface area contributed by atoms with Gasteiger partial charge in [0.15, 0.2) is 5.78 Å². The number of methoxy groups -OCH3 is 1. The molecule has 11 atom stereocenters. The van der Waals surface area contributed by atoms with Crippen molar-refractivity contribution in [2.24, 2.45) is 29.6 Å². The molecule has 1 aliphatic carbocycles. The lowest BCUT2D eigenvalue weighted by Gasteiger charge is -2.38. The van der Waals surface area contributed by atoms with E-state index in [2.05, 4.69) is 5.32 Å². The molecule has 0 spiro atoms. The van der Waals surface area contributed by atoms with Gasteiger partial charge >= 0.3 is 11.8 Å². The summed E-state index contributed by atoms with van der Waals surface area (Å²) in [5.74, 6) is -10.8. The number of ether oxygens (including phenoxy) is 4. The molecular formula is C37H47NO13. The van der Waals surface area contributed by atoms with E-state index in [0.717, 1.165) is 12.3 Å². The number of ketones is 3. The second kappa shape index (κ2) is 15.1. The molecule has 5 rings (SSSR count). The topological polar surface area (TPSA) is 215 Å². The molecule has 3 aliphatic heterocycles. The Morgan fingerprint density at radius 1 is 0.902 bits per heavy atom. The average Bonchev–Trinajstić information content (AvgIpc) is 3.35. The Balaban J connectivity index is 1.82. The van der Waals surface area contributed by atoms with Crippen LogP contribution in [0.4, 0.5) is 0 Å². The number of carbonyl (C=O) groups excluding carboxylic acids is 5. The molecule has 14 heteroatoms. The first-order valence-electron chi connectivity index (χ1n) is 16.8. The Labute approximate surface area is 296 Å². The van der Waals surface area contributed by atoms with E-state index in [9.17, 15) is 44.4 Å². The first kappa shape index (κ1) is 39.4. The van der Waals surface area contributed by atoms with Crippen molar-refractivity contribution in [3.63, 3.8) is 0 Å². The van der Waals surface area contributed by atoms with Crippen LogP contribution in [0.5, 0.6) is 11.5 Å². The normalized spacial score (nSPS) is 36.0. The predicted molar refractivity (Wildman–Crippen MR) is 181 cm³/mol. The van der Waals surface area contributed by atoms with Crippen LogP contribution in [0.15, 0.2) is 36.3 Å². The summed E-state index contributed by atoms with van der Waals surface area (Å²) in [6.45, 7) is 12.0. The maximum absolute atomic E-state index is 13.9. The van der Waals surface area contributed by atoms with E-state index < -0.39 is 118 Å². The van der Waals surface area contributed by atoms with Crippen molar-refractivity contribution in [1.82, 2.24) is 5.32 Å². The molecule has 0 aromatic heterocycles. The minimum absolute atomic E-state index is 0.0210. The number of allylic oxidation sites excluding steroid dienone is 2. The molecule has 3 heterocycles. The van der Waals surface area contributed by atoms with Crippen LogP contribution in [0.3, 0.4) is 0 Å². The number of fused-ring (bicyclic) bond motifs is 15. The van der Waals surface area contributed by atoms with E-state index in [1.807, 2.05) is 0 Å². The number of hydrogen-bond acceptors (Lipinski definition) is 13. The van der Waals surface area contributed by atoms with Gasteiger partial charge in [0, 0.05) is 56.3 Å². The third-order valence-corrected chi connectivity index (χ3v) is 10.2. The van der Waals surface area contributed by atoms with Gasteiger partial charge in [0.05, 0.1) is 59.0 Å². The summed E-state index contributed by atoms with van der Waals surface area (Å²) in [7, 11) is 1.40. The number of amides is 1. The smallest absolute Gasteiger partial charge is 0.312 e. The number of phenols is 1. The van der Waals surface area contributed by atoms with Gasteiger partial charge in [0.2, 0.25) is 11.7 Å². The minimum Gasteiger partial charge on any atom is -0.507 e. The molecule has 278 valence electrons. The zero-order valence-corrected chi connectivity index (χ0v) is 30.1. The van der Waals surface area contributed by atoms with Gasteiger partial charge in [0.25, 0.3) is 5.78 Å². The minimum atomic E-state index is -2.05. The summed E-state index contributed by atoms with van der Waals surface area (Å²) >= 11 is 0. The predicted octanol–water partition coefficient (Wildman–Crippen LogP) is 2.68. The number of Topliss-reactive ketones (excluding diaryl/α,β-unsaturated/α-hetero) is 2. The number of carbonyl (C=O) groups is 5. The Hall–Kier alpha value is -4.37. The second-order valence-corrected chi connectivity index (χ2v) is 13.8. The molecule has 1 aromatic rings. The summed E-state index contributed by atoms with van der Waals surface area (Å²) in [5, 5.41) is 46.9. The molecule has 5 N–H and O–H groups in total. The monoisotopic (exact) mass is 713 g/mol. The number of hydrogen-bond donors (Lipinski definition) is 5. The van der Waals surface area contributed by atoms with Crippen LogP contribution < -0.4 is 10.1 Å². The van der Waals surface area contributed by atoms with Gasteiger partial charge < -0.3 is 44.7 Å². The maximum Gasteiger partial charge on any atom is 0.312 e. The highest BCUT2D eigenvalue weighted by molar-refractivity contribution is 6.30. The summed E-state index contributed by atoms with van der Waals surface area (Å²) in [4.78, 5) is 66.4. The van der Waals surface area contributed by atoms with Gasteiger partial charge in [-0.2, -0.15) is 0 Å². The van der Waals surface area contributed by atoms with Crippen molar-refractivity contribution in [3.8, 4) is 11.5 Å². The second-order valence-electron chi connectivity index (χ2n) is 13.8. The molecule has 0 saturated carbocycles. The van der Waals surface area contributed by atoms with E-state index in [-0.39, 0.29) is 16.9 Å². The first-order chi connectivity index (χ1) is 23.8. The zero-order chi connectivity index (χ0) is 38.3. The Kier molecular flexibility index (Phi) is 11.7. The van der Waals surface area contributed by atoms with Crippen molar-refractivity contribution >= 4 is 29.2 Å². The maximum atomic E-state index is 13.9. The van der Waals surface area contributed by atoms with Gasteiger partial charge in [-0.1, -0.05) is 46.8 Å². The fourth-order valence-corrected chi connectivity index (χ4v) is 6.81. The number of phenolic OH excluding ortho intramolecular Hbond substituents is 1. The van der Waals surface area contributed by atoms with Crippen molar-refractivity contribution in [1.29, 1.82) is 0 Å². The largest absolute Gasteiger partial charge is 0.507 e. The van der Waals surface area contributed by atoms with Gasteiger partial charge in [-0.25, -0.2) is 0 Å². The number of nitrogens with one attached hydrogen (secondary N) is 1. The van der Waals surface area contributed by atoms with E-state index in [4.69, 9.17) is 18.9 Å². The standard InChI is InChI=1S/C37H47NO13/c1-15-10-11-23(40)16(2)36(47)38-22-14-24(41)26-27(32(22)45)31(44)20(6)34-28(26)35(46)37(8,51-34)49-13-12-25(48-9)17(3)33(50-21(7)39)19(5)30(43)18(4)29(15)42/h10-19,23,25,29-30,33,40,42-44H,1-9H3,(H,38,47)/b11-10+,13-12+/t15-,16+,17+,18+,19+,23+,25-,29-,30+,33+,37-/m0/s1. The van der Waals surface area contributed by atoms with Crippen LogP contribution in [0.1, 0.15) is 85.1 Å². The van der Waals surface area contributed by atoms with E-state index in [1.54, 1.807) is 27.7 Å². The van der Waals surface area contributed by atoms with Crippen LogP contribution in [-0.4, -0.2) is 93.1 Å². The lowest BCUT2D eigenvalue weighted by Crippen LogP contribution is -2.46. The Bertz CT molecular complexity index is 1690. The quantitative estimate of drug-likeness (QED) is 0.220. The van der Waals surface area contributed by atoms with Gasteiger partial charge in [-0.15, -0.1) is 0 Å². The SMILES string of the molecule is CO[C@H]1/C=C/O[C@@]2(C)Oc3c(C)c(O)c4c(c3C2=O)C(=O)C=C(NC(=O)[C@H](C)[C@H](O)/C=C/[C@H](C)[C@H](O)[C@@H](C)[C@@H](O)[C@@H](C)[C@H](OC(C)=O)[C@@H]1C)C4=O. The van der Waals surface area contributed by atoms with E-state index in [1.165, 1.54) is 53.0 Å². The Morgan fingerprint density at radius 3 is 2.16 bits per heavy atom.